The minimum absolute atomic E-state index is 0.121. The molecule has 2 aromatic heterocycles. The first-order chi connectivity index (χ1) is 16.5. The molecule has 0 saturated heterocycles. The molecule has 1 aliphatic carbocycles. The normalized spacial score (nSPS) is 14.4. The maximum Gasteiger partial charge on any atom is 0.268 e. The highest BCUT2D eigenvalue weighted by Gasteiger charge is 2.25. The van der Waals surface area contributed by atoms with E-state index in [1.807, 2.05) is 37.3 Å². The molecule has 0 aliphatic heterocycles. The lowest BCUT2D eigenvalue weighted by atomic mass is 9.95. The number of fused-ring (bicyclic) bond motifs is 2. The van der Waals surface area contributed by atoms with E-state index in [0.29, 0.717) is 10.6 Å². The minimum Gasteiger partial charge on any atom is -0.352 e. The lowest BCUT2D eigenvalue weighted by Crippen LogP contribution is -2.44. The molecule has 5 nitrogen and oxygen atoms in total. The van der Waals surface area contributed by atoms with Crippen LogP contribution in [0.3, 0.4) is 0 Å². The van der Waals surface area contributed by atoms with Gasteiger partial charge in [0.1, 0.15) is 17.2 Å². The third-order valence-corrected chi connectivity index (χ3v) is 7.43. The van der Waals surface area contributed by atoms with Crippen LogP contribution in [0.5, 0.6) is 0 Å². The van der Waals surface area contributed by atoms with Crippen LogP contribution in [0.4, 0.5) is 10.1 Å². The van der Waals surface area contributed by atoms with Crippen LogP contribution in [0, 0.1) is 12.7 Å². The number of hydrogen-bond donors (Lipinski definition) is 1. The highest BCUT2D eigenvalue weighted by Crippen LogP contribution is 2.30. The van der Waals surface area contributed by atoms with Gasteiger partial charge in [0, 0.05) is 22.5 Å². The first-order valence-electron chi connectivity index (χ1n) is 11.6. The number of hydrogen-bond acceptors (Lipinski definition) is 4. The van der Waals surface area contributed by atoms with E-state index in [4.69, 9.17) is 4.98 Å². The Kier molecular flexibility index (Phi) is 6.28. The number of anilines is 1. The Labute approximate surface area is 201 Å². The summed E-state index contributed by atoms with van der Waals surface area (Å²) in [5.74, 6) is -0.893. The summed E-state index contributed by atoms with van der Waals surface area (Å²) in [6.45, 7) is 1.89. The largest absolute Gasteiger partial charge is 0.352 e. The monoisotopic (exact) mass is 475 g/mol. The number of nitrogens with one attached hydrogen (secondary N) is 1. The fraction of sp³-hybridized carbons (Fsp3) is 0.296. The summed E-state index contributed by atoms with van der Waals surface area (Å²) >= 11 is 1.31. The van der Waals surface area contributed by atoms with Crippen LogP contribution in [-0.4, -0.2) is 29.4 Å². The van der Waals surface area contributed by atoms with Crippen LogP contribution in [0.1, 0.15) is 47.3 Å². The number of halogens is 1. The third-order valence-electron chi connectivity index (χ3n) is 6.40. The molecule has 0 radical (unpaired) electrons. The zero-order valence-corrected chi connectivity index (χ0v) is 19.8. The molecule has 2 aromatic carbocycles. The number of pyridine rings is 1. The molecule has 174 valence electrons. The summed E-state index contributed by atoms with van der Waals surface area (Å²) in [6.07, 6.45) is 5.33. The van der Waals surface area contributed by atoms with Crippen molar-refractivity contribution in [2.75, 3.05) is 11.4 Å². The van der Waals surface area contributed by atoms with Gasteiger partial charge in [-0.3, -0.25) is 14.5 Å². The Hall–Kier alpha value is -3.32. The van der Waals surface area contributed by atoms with E-state index in [2.05, 4.69) is 5.32 Å². The van der Waals surface area contributed by atoms with Crippen molar-refractivity contribution in [2.24, 2.45) is 0 Å². The molecule has 0 atom stereocenters. The second-order valence-corrected chi connectivity index (χ2v) is 9.94. The Morgan fingerprint density at radius 1 is 1.06 bits per heavy atom. The van der Waals surface area contributed by atoms with Gasteiger partial charge in [0.15, 0.2) is 0 Å². The number of carbonyl (C=O) groups excluding carboxylic acids is 2. The second kappa shape index (κ2) is 9.50. The van der Waals surface area contributed by atoms with Crippen molar-refractivity contribution in [1.82, 2.24) is 10.3 Å². The number of amides is 2. The van der Waals surface area contributed by atoms with E-state index in [0.717, 1.165) is 52.4 Å². The lowest BCUT2D eigenvalue weighted by molar-refractivity contribution is -0.120. The van der Waals surface area contributed by atoms with E-state index in [9.17, 15) is 14.0 Å². The molecule has 7 heteroatoms. The zero-order chi connectivity index (χ0) is 23.7. The van der Waals surface area contributed by atoms with Crippen LogP contribution in [-0.2, 0) is 4.79 Å². The van der Waals surface area contributed by atoms with E-state index in [1.165, 1.54) is 46.9 Å². The van der Waals surface area contributed by atoms with Gasteiger partial charge in [0.25, 0.3) is 5.91 Å². The van der Waals surface area contributed by atoms with Gasteiger partial charge in [-0.1, -0.05) is 37.5 Å². The van der Waals surface area contributed by atoms with Crippen molar-refractivity contribution in [3.8, 4) is 0 Å². The first-order valence-corrected chi connectivity index (χ1v) is 12.5. The van der Waals surface area contributed by atoms with E-state index >= 15 is 0 Å². The summed E-state index contributed by atoms with van der Waals surface area (Å²) in [4.78, 5) is 34.0. The van der Waals surface area contributed by atoms with Gasteiger partial charge in [0.05, 0.1) is 10.4 Å². The molecule has 5 rings (SSSR count). The Balaban J connectivity index is 1.46. The van der Waals surface area contributed by atoms with Gasteiger partial charge in [-0.25, -0.2) is 9.37 Å². The van der Waals surface area contributed by atoms with Gasteiger partial charge in [-0.2, -0.15) is 0 Å². The highest BCUT2D eigenvalue weighted by atomic mass is 32.1. The number of rotatable bonds is 5. The molecule has 0 bridgehead atoms. The maximum atomic E-state index is 13.6. The molecule has 34 heavy (non-hydrogen) atoms. The average Bonchev–Trinajstić information content (AvgIpc) is 3.26. The molecular formula is C27H26FN3O2S. The number of carbonyl (C=O) groups is 2. The van der Waals surface area contributed by atoms with Crippen molar-refractivity contribution in [3.63, 3.8) is 0 Å². The Bertz CT molecular complexity index is 1360. The summed E-state index contributed by atoms with van der Waals surface area (Å²) in [6, 6.07) is 15.7. The summed E-state index contributed by atoms with van der Waals surface area (Å²) < 4.78 is 13.6. The molecule has 0 spiro atoms. The van der Waals surface area contributed by atoms with Crippen molar-refractivity contribution >= 4 is 50.0 Å². The molecule has 1 saturated carbocycles. The number of aryl methyl sites for hydroxylation is 1. The Morgan fingerprint density at radius 2 is 1.82 bits per heavy atom. The molecule has 1 aliphatic rings. The zero-order valence-electron chi connectivity index (χ0n) is 19.0. The summed E-state index contributed by atoms with van der Waals surface area (Å²) in [5.41, 5.74) is 2.47. The SMILES string of the molecule is Cc1cccc2cc3cc(C(=O)N(CC(=O)NC4CCCCC4)c4ccc(F)cc4)sc3nc12. The molecule has 2 heterocycles. The summed E-state index contributed by atoms with van der Waals surface area (Å²) in [5, 5.41) is 4.98. The van der Waals surface area contributed by atoms with Gasteiger partial charge in [-0.15, -0.1) is 11.3 Å². The number of thiophene rings is 1. The maximum absolute atomic E-state index is 13.6. The third kappa shape index (κ3) is 4.66. The first kappa shape index (κ1) is 22.5. The predicted molar refractivity (Wildman–Crippen MR) is 135 cm³/mol. The standard InChI is InChI=1S/C27H26FN3O2S/c1-17-6-5-7-18-14-19-15-23(34-26(19)30-25(17)18)27(33)31(22-12-10-20(28)11-13-22)16-24(32)29-21-8-3-2-4-9-21/h5-7,10-15,21H,2-4,8-9,16H2,1H3,(H,29,32). The van der Waals surface area contributed by atoms with Crippen molar-refractivity contribution in [3.05, 3.63) is 70.9 Å². The van der Waals surface area contributed by atoms with Crippen LogP contribution >= 0.6 is 11.3 Å². The second-order valence-electron chi connectivity index (χ2n) is 8.91. The molecular weight excluding hydrogens is 449 g/mol. The van der Waals surface area contributed by atoms with Crippen LogP contribution < -0.4 is 10.2 Å². The quantitative estimate of drug-likeness (QED) is 0.385. The van der Waals surface area contributed by atoms with Crippen LogP contribution in [0.2, 0.25) is 0 Å². The van der Waals surface area contributed by atoms with Crippen molar-refractivity contribution in [2.45, 2.75) is 45.1 Å². The van der Waals surface area contributed by atoms with Crippen molar-refractivity contribution in [1.29, 1.82) is 0 Å². The van der Waals surface area contributed by atoms with Gasteiger partial charge in [-0.05, 0) is 61.7 Å². The van der Waals surface area contributed by atoms with Crippen molar-refractivity contribution < 1.29 is 14.0 Å². The van der Waals surface area contributed by atoms with Gasteiger partial charge >= 0.3 is 0 Å². The minimum atomic E-state index is -0.393. The van der Waals surface area contributed by atoms with Gasteiger partial charge in [0.2, 0.25) is 5.91 Å². The molecule has 4 aromatic rings. The fourth-order valence-corrected chi connectivity index (χ4v) is 5.57. The number of para-hydroxylation sites is 1. The predicted octanol–water partition coefficient (Wildman–Crippen LogP) is 5.99. The smallest absolute Gasteiger partial charge is 0.268 e. The Morgan fingerprint density at radius 3 is 2.59 bits per heavy atom. The molecule has 1 fully saturated rings. The number of nitrogens with zero attached hydrogens (tertiary/aromatic N) is 2. The topological polar surface area (TPSA) is 62.3 Å². The van der Waals surface area contributed by atoms with E-state index in [1.54, 1.807) is 0 Å². The van der Waals surface area contributed by atoms with E-state index < -0.39 is 5.82 Å². The van der Waals surface area contributed by atoms with Crippen LogP contribution in [0.25, 0.3) is 21.1 Å². The summed E-state index contributed by atoms with van der Waals surface area (Å²) in [7, 11) is 0. The highest BCUT2D eigenvalue weighted by molar-refractivity contribution is 7.20. The van der Waals surface area contributed by atoms with E-state index in [-0.39, 0.29) is 24.4 Å². The number of benzene rings is 2. The average molecular weight is 476 g/mol. The van der Waals surface area contributed by atoms with Crippen LogP contribution in [0.15, 0.2) is 54.6 Å². The molecule has 2 amide bonds. The number of aromatic nitrogens is 1. The fourth-order valence-electron chi connectivity index (χ4n) is 4.61. The molecule has 1 N–H and O–H groups in total. The van der Waals surface area contributed by atoms with Gasteiger partial charge < -0.3 is 5.32 Å². The lowest BCUT2D eigenvalue weighted by Gasteiger charge is -2.26. The molecule has 0 unspecified atom stereocenters.